The van der Waals surface area contributed by atoms with Crippen molar-refractivity contribution in [2.75, 3.05) is 26.2 Å². The summed E-state index contributed by atoms with van der Waals surface area (Å²) in [7, 11) is 0. The molecule has 5 nitrogen and oxygen atoms in total. The van der Waals surface area contributed by atoms with Crippen LogP contribution in [-0.2, 0) is 13.2 Å². The van der Waals surface area contributed by atoms with Crippen molar-refractivity contribution in [2.24, 2.45) is 0 Å². The molecule has 0 aliphatic carbocycles. The monoisotopic (exact) mass is 462 g/mol. The molecule has 0 N–H and O–H groups in total. The van der Waals surface area contributed by atoms with Crippen LogP contribution in [0.25, 0.3) is 0 Å². The topological polar surface area (TPSA) is 45.9 Å². The summed E-state index contributed by atoms with van der Waals surface area (Å²) in [6.45, 7) is 3.41. The highest BCUT2D eigenvalue weighted by Crippen LogP contribution is 2.28. The minimum absolute atomic E-state index is 0.149. The van der Waals surface area contributed by atoms with E-state index in [0.29, 0.717) is 54.3 Å². The fourth-order valence-corrected chi connectivity index (χ4v) is 3.93. The van der Waals surface area contributed by atoms with Crippen molar-refractivity contribution < 1.29 is 18.3 Å². The number of carbonyl (C=O) groups excluding carboxylic acids is 1. The summed E-state index contributed by atoms with van der Waals surface area (Å²) in [5, 5.41) is 0.936. The van der Waals surface area contributed by atoms with Gasteiger partial charge in [-0.2, -0.15) is 0 Å². The first kappa shape index (κ1) is 21.7. The van der Waals surface area contributed by atoms with Crippen molar-refractivity contribution in [1.29, 1.82) is 0 Å². The predicted octanol–water partition coefficient (Wildman–Crippen LogP) is 5.26. The van der Waals surface area contributed by atoms with Crippen molar-refractivity contribution in [3.05, 3.63) is 87.5 Å². The lowest BCUT2D eigenvalue weighted by Crippen LogP contribution is -2.48. The van der Waals surface area contributed by atoms with Gasteiger partial charge in [-0.05, 0) is 48.0 Å². The average molecular weight is 463 g/mol. The van der Waals surface area contributed by atoms with Crippen molar-refractivity contribution in [1.82, 2.24) is 9.80 Å². The molecule has 1 fully saturated rings. The fourth-order valence-electron chi connectivity index (χ4n) is 3.47. The number of halogens is 3. The largest absolute Gasteiger partial charge is 0.484 e. The maximum absolute atomic E-state index is 13.4. The summed E-state index contributed by atoms with van der Waals surface area (Å²) in [6, 6.07) is 14.9. The van der Waals surface area contributed by atoms with E-state index < -0.39 is 0 Å². The van der Waals surface area contributed by atoms with Crippen LogP contribution in [0.15, 0.2) is 59.0 Å². The molecule has 8 heteroatoms. The Hall–Kier alpha value is -2.54. The molecule has 0 spiro atoms. The van der Waals surface area contributed by atoms with Gasteiger partial charge in [0.05, 0.1) is 5.02 Å². The number of carbonyl (C=O) groups is 1. The third kappa shape index (κ3) is 5.58. The normalized spacial score (nSPS) is 14.6. The van der Waals surface area contributed by atoms with Gasteiger partial charge >= 0.3 is 0 Å². The van der Waals surface area contributed by atoms with Crippen molar-refractivity contribution >= 4 is 29.1 Å². The summed E-state index contributed by atoms with van der Waals surface area (Å²) in [6.07, 6.45) is 0. The van der Waals surface area contributed by atoms with E-state index in [1.165, 1.54) is 6.07 Å². The Kier molecular flexibility index (Phi) is 6.80. The van der Waals surface area contributed by atoms with E-state index in [9.17, 15) is 9.18 Å². The van der Waals surface area contributed by atoms with Gasteiger partial charge in [-0.3, -0.25) is 9.69 Å². The number of nitrogens with zero attached hydrogens (tertiary/aromatic N) is 2. The number of furan rings is 1. The van der Waals surface area contributed by atoms with Gasteiger partial charge in [0.15, 0.2) is 5.76 Å². The maximum Gasteiger partial charge on any atom is 0.289 e. The smallest absolute Gasteiger partial charge is 0.289 e. The number of piperazine rings is 1. The van der Waals surface area contributed by atoms with Crippen molar-refractivity contribution in [3.63, 3.8) is 0 Å². The van der Waals surface area contributed by atoms with E-state index >= 15 is 0 Å². The number of rotatable bonds is 6. The number of hydrogen-bond donors (Lipinski definition) is 0. The Morgan fingerprint density at radius 2 is 1.84 bits per heavy atom. The molecule has 1 saturated heterocycles. The molecule has 0 saturated carbocycles. The summed E-state index contributed by atoms with van der Waals surface area (Å²) in [5.41, 5.74) is 0.927. The third-order valence-electron chi connectivity index (χ3n) is 5.09. The molecule has 3 aromatic rings. The number of hydrogen-bond acceptors (Lipinski definition) is 4. The molecular weight excluding hydrogens is 442 g/mol. The van der Waals surface area contributed by atoms with E-state index in [1.807, 2.05) is 6.07 Å². The highest BCUT2D eigenvalue weighted by Gasteiger charge is 2.24. The molecular formula is C23H21Cl2FN2O3. The van der Waals surface area contributed by atoms with Gasteiger partial charge in [-0.1, -0.05) is 35.3 Å². The molecule has 2 aromatic carbocycles. The molecule has 162 valence electrons. The van der Waals surface area contributed by atoms with Gasteiger partial charge in [0.25, 0.3) is 5.91 Å². The van der Waals surface area contributed by atoms with Gasteiger partial charge in [0.2, 0.25) is 0 Å². The lowest BCUT2D eigenvalue weighted by atomic mass is 10.2. The molecule has 0 radical (unpaired) electrons. The zero-order chi connectivity index (χ0) is 21.8. The quantitative estimate of drug-likeness (QED) is 0.500. The Labute approximate surface area is 189 Å². The highest BCUT2D eigenvalue weighted by atomic mass is 35.5. The SMILES string of the molecule is O=C(c1ccc(COc2ccc(Cl)cc2Cl)o1)N1CCN(Cc2cccc(F)c2)CC1. The summed E-state index contributed by atoms with van der Waals surface area (Å²) in [4.78, 5) is 16.7. The van der Waals surface area contributed by atoms with E-state index in [-0.39, 0.29) is 24.1 Å². The molecule has 31 heavy (non-hydrogen) atoms. The van der Waals surface area contributed by atoms with Crippen LogP contribution in [0.3, 0.4) is 0 Å². The lowest BCUT2D eigenvalue weighted by Gasteiger charge is -2.34. The summed E-state index contributed by atoms with van der Waals surface area (Å²) in [5.74, 6) is 0.909. The van der Waals surface area contributed by atoms with Gasteiger partial charge in [-0.15, -0.1) is 0 Å². The molecule has 4 rings (SSSR count). The minimum Gasteiger partial charge on any atom is -0.484 e. The Morgan fingerprint density at radius 1 is 1.03 bits per heavy atom. The Balaban J connectivity index is 1.29. The molecule has 0 unspecified atom stereocenters. The summed E-state index contributed by atoms with van der Waals surface area (Å²) < 4.78 is 24.7. The third-order valence-corrected chi connectivity index (χ3v) is 5.62. The number of amides is 1. The average Bonchev–Trinajstić information content (AvgIpc) is 3.22. The van der Waals surface area contributed by atoms with E-state index in [4.69, 9.17) is 32.4 Å². The number of ether oxygens (including phenoxy) is 1. The van der Waals surface area contributed by atoms with E-state index in [2.05, 4.69) is 4.90 Å². The number of benzene rings is 2. The van der Waals surface area contributed by atoms with Crippen LogP contribution >= 0.6 is 23.2 Å². The predicted molar refractivity (Wildman–Crippen MR) is 117 cm³/mol. The highest BCUT2D eigenvalue weighted by molar-refractivity contribution is 6.35. The van der Waals surface area contributed by atoms with Gasteiger partial charge < -0.3 is 14.1 Å². The van der Waals surface area contributed by atoms with Crippen LogP contribution < -0.4 is 4.74 Å². The van der Waals surface area contributed by atoms with E-state index in [1.54, 1.807) is 47.4 Å². The van der Waals surface area contributed by atoms with Crippen LogP contribution in [0.5, 0.6) is 5.75 Å². The van der Waals surface area contributed by atoms with Crippen LogP contribution in [0.1, 0.15) is 21.9 Å². The lowest BCUT2D eigenvalue weighted by molar-refractivity contribution is 0.0594. The first-order valence-electron chi connectivity index (χ1n) is 9.90. The van der Waals surface area contributed by atoms with Gasteiger partial charge in [0, 0.05) is 37.7 Å². The molecule has 0 atom stereocenters. The molecule has 0 bridgehead atoms. The Morgan fingerprint density at radius 3 is 2.58 bits per heavy atom. The Bertz CT molecular complexity index is 1060. The molecule has 2 heterocycles. The van der Waals surface area contributed by atoms with E-state index in [0.717, 1.165) is 5.56 Å². The van der Waals surface area contributed by atoms with Crippen LogP contribution in [-0.4, -0.2) is 41.9 Å². The first-order chi connectivity index (χ1) is 15.0. The van der Waals surface area contributed by atoms with Crippen LogP contribution in [0.4, 0.5) is 4.39 Å². The minimum atomic E-state index is -0.234. The van der Waals surface area contributed by atoms with Gasteiger partial charge in [-0.25, -0.2) is 4.39 Å². The van der Waals surface area contributed by atoms with Crippen molar-refractivity contribution in [2.45, 2.75) is 13.2 Å². The second-order valence-corrected chi connectivity index (χ2v) is 8.17. The zero-order valence-electron chi connectivity index (χ0n) is 16.7. The maximum atomic E-state index is 13.4. The molecule has 1 aromatic heterocycles. The zero-order valence-corrected chi connectivity index (χ0v) is 18.2. The standard InChI is InChI=1S/C23H21Cl2FN2O3/c24-17-4-6-21(20(25)13-17)30-15-19-5-7-22(31-19)23(29)28-10-8-27(9-11-28)14-16-2-1-3-18(26)12-16/h1-7,12-13H,8-11,14-15H2. The molecule has 1 aliphatic heterocycles. The first-order valence-corrected chi connectivity index (χ1v) is 10.7. The fraction of sp³-hybridized carbons (Fsp3) is 0.261. The summed E-state index contributed by atoms with van der Waals surface area (Å²) >= 11 is 12.0. The second kappa shape index (κ2) is 9.73. The van der Waals surface area contributed by atoms with Crippen molar-refractivity contribution in [3.8, 4) is 5.75 Å². The van der Waals surface area contributed by atoms with Crippen LogP contribution in [0.2, 0.25) is 10.0 Å². The second-order valence-electron chi connectivity index (χ2n) is 7.33. The molecule has 1 amide bonds. The van der Waals surface area contributed by atoms with Crippen LogP contribution in [0, 0.1) is 5.82 Å². The molecule has 1 aliphatic rings. The van der Waals surface area contributed by atoms with Gasteiger partial charge in [0.1, 0.15) is 23.9 Å².